The number of carbonyl (C=O) groups is 2. The van der Waals surface area contributed by atoms with Crippen LogP contribution in [0.2, 0.25) is 0 Å². The predicted octanol–water partition coefficient (Wildman–Crippen LogP) is 1.11. The van der Waals surface area contributed by atoms with Crippen molar-refractivity contribution in [2.75, 3.05) is 26.2 Å². The molecule has 0 bridgehead atoms. The summed E-state index contributed by atoms with van der Waals surface area (Å²) in [5.74, 6) is 0.822. The number of nitrogens with zero attached hydrogens (tertiary/aromatic N) is 4. The molecule has 0 N–H and O–H groups in total. The van der Waals surface area contributed by atoms with Gasteiger partial charge in [0.25, 0.3) is 0 Å². The lowest BCUT2D eigenvalue weighted by atomic mass is 9.78. The third-order valence-corrected chi connectivity index (χ3v) is 6.35. The van der Waals surface area contributed by atoms with E-state index in [1.807, 2.05) is 11.8 Å². The molecular weight excluding hydrogens is 344 g/mol. The molecular formula is C20H28N4O3. The zero-order valence-corrected chi connectivity index (χ0v) is 16.2. The predicted molar refractivity (Wildman–Crippen MR) is 100 cm³/mol. The van der Waals surface area contributed by atoms with Gasteiger partial charge in [0.2, 0.25) is 11.8 Å². The number of amides is 2. The largest absolute Gasteiger partial charge is 0.348 e. The van der Waals surface area contributed by atoms with Crippen LogP contribution in [-0.4, -0.2) is 57.3 Å². The Bertz CT molecular complexity index is 829. The van der Waals surface area contributed by atoms with Crippen molar-refractivity contribution in [1.29, 1.82) is 0 Å². The van der Waals surface area contributed by atoms with Gasteiger partial charge < -0.3 is 9.80 Å². The van der Waals surface area contributed by atoms with Crippen molar-refractivity contribution in [1.82, 2.24) is 19.4 Å². The van der Waals surface area contributed by atoms with Crippen LogP contribution < -0.4 is 5.69 Å². The summed E-state index contributed by atoms with van der Waals surface area (Å²) in [6.45, 7) is 6.40. The molecule has 3 heterocycles. The Kier molecular flexibility index (Phi) is 4.56. The van der Waals surface area contributed by atoms with Gasteiger partial charge in [-0.05, 0) is 57.9 Å². The molecule has 7 nitrogen and oxygen atoms in total. The SMILES string of the molecule is Cc1cc(C)n(CC(=O)N2CC[C@@]3(CCCN(CC4CC4)C3=O)C2)c(=O)n1. The van der Waals surface area contributed by atoms with Crippen molar-refractivity contribution in [3.63, 3.8) is 0 Å². The molecule has 0 aromatic carbocycles. The first-order chi connectivity index (χ1) is 12.9. The van der Waals surface area contributed by atoms with Gasteiger partial charge in [-0.25, -0.2) is 4.79 Å². The van der Waals surface area contributed by atoms with Crippen LogP contribution in [-0.2, 0) is 16.1 Å². The molecule has 1 aromatic heterocycles. The molecule has 7 heteroatoms. The molecule has 1 atom stereocenters. The van der Waals surface area contributed by atoms with E-state index >= 15 is 0 Å². The van der Waals surface area contributed by atoms with Crippen LogP contribution in [0.3, 0.4) is 0 Å². The summed E-state index contributed by atoms with van der Waals surface area (Å²) < 4.78 is 1.42. The second kappa shape index (κ2) is 6.77. The fraction of sp³-hybridized carbons (Fsp3) is 0.700. The van der Waals surface area contributed by atoms with Crippen LogP contribution in [0.1, 0.15) is 43.5 Å². The van der Waals surface area contributed by atoms with Gasteiger partial charge in [-0.15, -0.1) is 0 Å². The lowest BCUT2D eigenvalue weighted by Crippen LogP contribution is -2.51. The third kappa shape index (κ3) is 3.51. The van der Waals surface area contributed by atoms with E-state index in [1.165, 1.54) is 17.4 Å². The number of hydrogen-bond donors (Lipinski definition) is 0. The lowest BCUT2D eigenvalue weighted by molar-refractivity contribution is -0.146. The van der Waals surface area contributed by atoms with Crippen molar-refractivity contribution in [3.05, 3.63) is 27.9 Å². The van der Waals surface area contributed by atoms with Crippen LogP contribution in [0.25, 0.3) is 0 Å². The van der Waals surface area contributed by atoms with Crippen LogP contribution in [0.5, 0.6) is 0 Å². The summed E-state index contributed by atoms with van der Waals surface area (Å²) in [7, 11) is 0. The average molecular weight is 372 g/mol. The normalized spacial score (nSPS) is 25.5. The topological polar surface area (TPSA) is 75.5 Å². The number of aryl methyl sites for hydroxylation is 2. The van der Waals surface area contributed by atoms with Gasteiger partial charge in [0.1, 0.15) is 6.54 Å². The van der Waals surface area contributed by atoms with Gasteiger partial charge in [0.15, 0.2) is 0 Å². The summed E-state index contributed by atoms with van der Waals surface area (Å²) in [6.07, 6.45) is 5.09. The Morgan fingerprint density at radius 1 is 1.22 bits per heavy atom. The summed E-state index contributed by atoms with van der Waals surface area (Å²) in [6, 6.07) is 1.81. The lowest BCUT2D eigenvalue weighted by Gasteiger charge is -2.39. The van der Waals surface area contributed by atoms with Crippen LogP contribution in [0.4, 0.5) is 0 Å². The number of piperidine rings is 1. The zero-order chi connectivity index (χ0) is 19.2. The van der Waals surface area contributed by atoms with Crippen molar-refractivity contribution in [2.24, 2.45) is 11.3 Å². The van der Waals surface area contributed by atoms with Crippen molar-refractivity contribution in [3.8, 4) is 0 Å². The first-order valence-electron chi connectivity index (χ1n) is 10.0. The monoisotopic (exact) mass is 372 g/mol. The van der Waals surface area contributed by atoms with Crippen molar-refractivity contribution in [2.45, 2.75) is 52.5 Å². The summed E-state index contributed by atoms with van der Waals surface area (Å²) in [5, 5.41) is 0. The molecule has 146 valence electrons. The van der Waals surface area contributed by atoms with Gasteiger partial charge in [-0.2, -0.15) is 4.98 Å². The number of hydrogen-bond acceptors (Lipinski definition) is 4. The molecule has 1 aromatic rings. The second-order valence-electron chi connectivity index (χ2n) is 8.55. The highest BCUT2D eigenvalue weighted by Crippen LogP contribution is 2.41. The number of carbonyl (C=O) groups excluding carboxylic acids is 2. The van der Waals surface area contributed by atoms with E-state index in [1.54, 1.807) is 17.9 Å². The highest BCUT2D eigenvalue weighted by molar-refractivity contribution is 5.86. The summed E-state index contributed by atoms with van der Waals surface area (Å²) >= 11 is 0. The van der Waals surface area contributed by atoms with E-state index in [0.29, 0.717) is 24.7 Å². The number of aromatic nitrogens is 2. The van der Waals surface area contributed by atoms with Gasteiger partial charge in [-0.1, -0.05) is 0 Å². The number of rotatable bonds is 4. The van der Waals surface area contributed by atoms with E-state index in [4.69, 9.17) is 0 Å². The zero-order valence-electron chi connectivity index (χ0n) is 16.2. The van der Waals surface area contributed by atoms with Crippen LogP contribution in [0, 0.1) is 25.2 Å². The Labute approximate surface area is 159 Å². The van der Waals surface area contributed by atoms with E-state index in [9.17, 15) is 14.4 Å². The first-order valence-corrected chi connectivity index (χ1v) is 10.0. The second-order valence-corrected chi connectivity index (χ2v) is 8.55. The summed E-state index contributed by atoms with van der Waals surface area (Å²) in [4.78, 5) is 45.8. The quantitative estimate of drug-likeness (QED) is 0.793. The molecule has 3 fully saturated rings. The van der Waals surface area contributed by atoms with Crippen LogP contribution in [0.15, 0.2) is 10.9 Å². The maximum atomic E-state index is 13.1. The molecule has 0 unspecified atom stereocenters. The van der Waals surface area contributed by atoms with E-state index in [0.717, 1.165) is 38.0 Å². The van der Waals surface area contributed by atoms with E-state index < -0.39 is 5.41 Å². The highest BCUT2D eigenvalue weighted by Gasteiger charge is 2.49. The minimum atomic E-state index is -0.408. The molecule has 4 rings (SSSR count). The molecule has 2 aliphatic heterocycles. The minimum Gasteiger partial charge on any atom is -0.342 e. The Hall–Kier alpha value is -2.18. The van der Waals surface area contributed by atoms with E-state index in [2.05, 4.69) is 4.98 Å². The maximum absolute atomic E-state index is 13.1. The highest BCUT2D eigenvalue weighted by atomic mass is 16.2. The fourth-order valence-corrected chi connectivity index (χ4v) is 4.60. The van der Waals surface area contributed by atoms with Gasteiger partial charge in [-0.3, -0.25) is 14.2 Å². The van der Waals surface area contributed by atoms with Gasteiger partial charge in [0, 0.05) is 37.6 Å². The smallest absolute Gasteiger partial charge is 0.342 e. The maximum Gasteiger partial charge on any atom is 0.348 e. The molecule has 2 amide bonds. The molecule has 2 saturated heterocycles. The Balaban J connectivity index is 1.45. The Morgan fingerprint density at radius 3 is 2.70 bits per heavy atom. The summed E-state index contributed by atoms with van der Waals surface area (Å²) in [5.41, 5.74) is 0.594. The standard InChI is InChI=1S/C20H28N4O3/c1-14-10-15(2)24(19(27)21-14)12-17(25)23-9-7-20(13-23)6-3-8-22(18(20)26)11-16-4-5-16/h10,16H,3-9,11-13H2,1-2H3/t20-/m0/s1. The van der Waals surface area contributed by atoms with Crippen molar-refractivity contribution < 1.29 is 9.59 Å². The molecule has 27 heavy (non-hydrogen) atoms. The minimum absolute atomic E-state index is 0.00595. The van der Waals surface area contributed by atoms with E-state index in [-0.39, 0.29) is 24.0 Å². The average Bonchev–Trinajstić information content (AvgIpc) is 3.33. The van der Waals surface area contributed by atoms with Crippen LogP contribution >= 0.6 is 0 Å². The van der Waals surface area contributed by atoms with Gasteiger partial charge in [0.05, 0.1) is 5.41 Å². The fourth-order valence-electron chi connectivity index (χ4n) is 4.60. The van der Waals surface area contributed by atoms with Crippen molar-refractivity contribution >= 4 is 11.8 Å². The van der Waals surface area contributed by atoms with Gasteiger partial charge >= 0.3 is 5.69 Å². The Morgan fingerprint density at radius 2 is 2.00 bits per heavy atom. The first kappa shape index (κ1) is 18.2. The molecule has 3 aliphatic rings. The molecule has 1 spiro atoms. The third-order valence-electron chi connectivity index (χ3n) is 6.35. The molecule has 1 saturated carbocycles. The molecule has 0 radical (unpaired) electrons. The molecule has 1 aliphatic carbocycles. The number of likely N-dealkylation sites (tertiary alicyclic amines) is 2.